The molecule has 0 aliphatic heterocycles. The van der Waals surface area contributed by atoms with E-state index in [0.29, 0.717) is 5.69 Å². The van der Waals surface area contributed by atoms with E-state index in [2.05, 4.69) is 43.0 Å². The van der Waals surface area contributed by atoms with Gasteiger partial charge in [0.2, 0.25) is 11.8 Å². The minimum Gasteiger partial charge on any atom is -0.379 e. The van der Waals surface area contributed by atoms with Gasteiger partial charge in [0.25, 0.3) is 0 Å². The smallest absolute Gasteiger partial charge is 0.245 e. The Morgan fingerprint density at radius 2 is 2.12 bits per heavy atom. The molecular formula is C15H18N6O3S. The molecule has 0 aromatic heterocycles. The molecule has 0 radical (unpaired) electrons. The van der Waals surface area contributed by atoms with Gasteiger partial charge in [-0.1, -0.05) is 17.2 Å². The van der Waals surface area contributed by atoms with Crippen LogP contribution in [-0.4, -0.2) is 42.8 Å². The Morgan fingerprint density at radius 1 is 1.40 bits per heavy atom. The Morgan fingerprint density at radius 3 is 2.72 bits per heavy atom. The van der Waals surface area contributed by atoms with Crippen molar-refractivity contribution in [3.63, 3.8) is 0 Å². The first kappa shape index (κ1) is 20.3. The molecule has 1 aromatic carbocycles. The van der Waals surface area contributed by atoms with Crippen LogP contribution in [0, 0.1) is 0 Å². The molecule has 0 bridgehead atoms. The Labute approximate surface area is 150 Å². The lowest BCUT2D eigenvalue weighted by molar-refractivity contribution is -0.129. The molecule has 0 heterocycles. The summed E-state index contributed by atoms with van der Waals surface area (Å²) in [5.74, 6) is -0.721. The predicted molar refractivity (Wildman–Crippen MR) is 95.4 cm³/mol. The Bertz CT molecular complexity index is 681. The van der Waals surface area contributed by atoms with E-state index in [1.54, 1.807) is 24.3 Å². The lowest BCUT2D eigenvalue weighted by Crippen LogP contribution is -2.48. The van der Waals surface area contributed by atoms with Crippen LogP contribution in [0.1, 0.15) is 12.5 Å². The van der Waals surface area contributed by atoms with Gasteiger partial charge in [0.15, 0.2) is 0 Å². The van der Waals surface area contributed by atoms with Crippen molar-refractivity contribution in [2.75, 3.05) is 19.8 Å². The molecule has 0 saturated heterocycles. The number of benzene rings is 1. The van der Waals surface area contributed by atoms with Crippen molar-refractivity contribution in [2.24, 2.45) is 10.1 Å². The molecular weight excluding hydrogens is 344 g/mol. The highest BCUT2D eigenvalue weighted by Gasteiger charge is 2.19. The average molecular weight is 362 g/mol. The standard InChI is InChI=1S/C15H18N6O3S/c1-11(22)20-14(9-24-7-6-19-21-16)15(23)17-8-12-2-4-13(5-3-12)18-10-25/h2-5,14H,6-9H2,1H3,(H,17,23)(H,20,22)/t14-/m1/s1. The first-order valence-electron chi connectivity index (χ1n) is 7.37. The van der Waals surface area contributed by atoms with Crippen LogP contribution >= 0.6 is 12.2 Å². The minimum absolute atomic E-state index is 0.0192. The number of rotatable bonds is 10. The molecule has 25 heavy (non-hydrogen) atoms. The summed E-state index contributed by atoms with van der Waals surface area (Å²) in [5.41, 5.74) is 9.71. The lowest BCUT2D eigenvalue weighted by Gasteiger charge is -2.17. The third-order valence-corrected chi connectivity index (χ3v) is 3.05. The Kier molecular flexibility index (Phi) is 9.50. The molecule has 0 fully saturated rings. The van der Waals surface area contributed by atoms with Crippen molar-refractivity contribution in [3.8, 4) is 0 Å². The van der Waals surface area contributed by atoms with Gasteiger partial charge in [-0.2, -0.15) is 4.99 Å². The van der Waals surface area contributed by atoms with E-state index in [-0.39, 0.29) is 38.1 Å². The highest BCUT2D eigenvalue weighted by molar-refractivity contribution is 7.78. The van der Waals surface area contributed by atoms with E-state index in [9.17, 15) is 9.59 Å². The van der Waals surface area contributed by atoms with Crippen molar-refractivity contribution >= 4 is 34.9 Å². The molecule has 2 amide bonds. The number of ether oxygens (including phenoxy) is 1. The largest absolute Gasteiger partial charge is 0.379 e. The number of nitrogens with one attached hydrogen (secondary N) is 2. The third kappa shape index (κ3) is 8.59. The van der Waals surface area contributed by atoms with E-state index >= 15 is 0 Å². The summed E-state index contributed by atoms with van der Waals surface area (Å²) in [7, 11) is 0. The van der Waals surface area contributed by atoms with Gasteiger partial charge in [-0.05, 0) is 35.4 Å². The maximum atomic E-state index is 12.2. The van der Waals surface area contributed by atoms with E-state index in [1.165, 1.54) is 6.92 Å². The van der Waals surface area contributed by atoms with Gasteiger partial charge in [-0.25, -0.2) is 0 Å². The molecule has 1 rings (SSSR count). The second-order valence-electron chi connectivity index (χ2n) is 4.87. The molecule has 10 heteroatoms. The molecule has 0 aliphatic rings. The predicted octanol–water partition coefficient (Wildman–Crippen LogP) is 1.87. The summed E-state index contributed by atoms with van der Waals surface area (Å²) in [4.78, 5) is 29.9. The van der Waals surface area contributed by atoms with Crippen molar-refractivity contribution in [2.45, 2.75) is 19.5 Å². The number of thiocarbonyl (C=S) groups is 1. The van der Waals surface area contributed by atoms with Crippen LogP contribution in [0.2, 0.25) is 0 Å². The highest BCUT2D eigenvalue weighted by atomic mass is 32.1. The second kappa shape index (κ2) is 11.7. The zero-order valence-electron chi connectivity index (χ0n) is 13.6. The zero-order valence-corrected chi connectivity index (χ0v) is 14.5. The fraction of sp³-hybridized carbons (Fsp3) is 0.400. The van der Waals surface area contributed by atoms with E-state index in [0.717, 1.165) is 5.56 Å². The quantitative estimate of drug-likeness (QED) is 0.164. The van der Waals surface area contributed by atoms with Crippen LogP contribution in [0.25, 0.3) is 10.4 Å². The Balaban J connectivity index is 2.53. The molecule has 9 nitrogen and oxygen atoms in total. The van der Waals surface area contributed by atoms with E-state index in [4.69, 9.17) is 10.3 Å². The first-order chi connectivity index (χ1) is 12.1. The summed E-state index contributed by atoms with van der Waals surface area (Å²) in [6.45, 7) is 1.90. The van der Waals surface area contributed by atoms with Gasteiger partial charge in [0.1, 0.15) is 6.04 Å². The van der Waals surface area contributed by atoms with E-state index in [1.807, 2.05) is 0 Å². The zero-order chi connectivity index (χ0) is 18.5. The van der Waals surface area contributed by atoms with Gasteiger partial charge in [-0.15, -0.1) is 0 Å². The molecule has 2 N–H and O–H groups in total. The number of hydrogen-bond acceptors (Lipinski definition) is 6. The van der Waals surface area contributed by atoms with Gasteiger partial charge < -0.3 is 15.4 Å². The molecule has 0 saturated carbocycles. The molecule has 132 valence electrons. The SMILES string of the molecule is CC(=O)N[C@H](COCCN=[N+]=[N-])C(=O)NCc1ccc(N=C=S)cc1. The molecule has 0 spiro atoms. The fourth-order valence-corrected chi connectivity index (χ4v) is 1.94. The van der Waals surface area contributed by atoms with Crippen LogP contribution in [0.4, 0.5) is 5.69 Å². The maximum absolute atomic E-state index is 12.2. The van der Waals surface area contributed by atoms with Crippen molar-refractivity contribution < 1.29 is 14.3 Å². The summed E-state index contributed by atoms with van der Waals surface area (Å²) < 4.78 is 5.24. The summed E-state index contributed by atoms with van der Waals surface area (Å²) >= 11 is 4.53. The number of aliphatic imine (C=N–C) groups is 1. The van der Waals surface area contributed by atoms with E-state index < -0.39 is 6.04 Å². The Hall–Kier alpha value is -2.77. The normalized spacial score (nSPS) is 10.8. The number of nitrogens with zero attached hydrogens (tertiary/aromatic N) is 4. The van der Waals surface area contributed by atoms with Crippen molar-refractivity contribution in [1.82, 2.24) is 10.6 Å². The number of azide groups is 1. The number of carbonyl (C=O) groups excluding carboxylic acids is 2. The van der Waals surface area contributed by atoms with Crippen molar-refractivity contribution in [1.29, 1.82) is 0 Å². The second-order valence-corrected chi connectivity index (χ2v) is 5.05. The number of hydrogen-bond donors (Lipinski definition) is 2. The summed E-state index contributed by atoms with van der Waals surface area (Å²) in [6, 6.07) is 6.28. The van der Waals surface area contributed by atoms with Gasteiger partial charge in [0.05, 0.1) is 24.1 Å². The number of amides is 2. The first-order valence-corrected chi connectivity index (χ1v) is 7.78. The summed E-state index contributed by atoms with van der Waals surface area (Å²) in [5, 5.41) is 10.8. The number of carbonyl (C=O) groups is 2. The maximum Gasteiger partial charge on any atom is 0.245 e. The molecule has 1 aromatic rings. The molecule has 0 unspecified atom stereocenters. The van der Waals surface area contributed by atoms with Crippen LogP contribution in [0.3, 0.4) is 0 Å². The average Bonchev–Trinajstić information content (AvgIpc) is 2.59. The topological polar surface area (TPSA) is 129 Å². The fourth-order valence-electron chi connectivity index (χ4n) is 1.83. The van der Waals surface area contributed by atoms with Crippen LogP contribution in [0.5, 0.6) is 0 Å². The highest BCUT2D eigenvalue weighted by Crippen LogP contribution is 2.12. The van der Waals surface area contributed by atoms with Crippen LogP contribution < -0.4 is 10.6 Å². The van der Waals surface area contributed by atoms with Gasteiger partial charge in [-0.3, -0.25) is 9.59 Å². The van der Waals surface area contributed by atoms with Gasteiger partial charge in [0, 0.05) is 24.9 Å². The molecule has 1 atom stereocenters. The van der Waals surface area contributed by atoms with Crippen LogP contribution in [0.15, 0.2) is 34.4 Å². The van der Waals surface area contributed by atoms with Gasteiger partial charge >= 0.3 is 0 Å². The number of isothiocyanates is 1. The third-order valence-electron chi connectivity index (χ3n) is 2.96. The summed E-state index contributed by atoms with van der Waals surface area (Å²) in [6.07, 6.45) is 0. The van der Waals surface area contributed by atoms with Crippen LogP contribution in [-0.2, 0) is 20.9 Å². The lowest BCUT2D eigenvalue weighted by atomic mass is 10.2. The minimum atomic E-state index is -0.831. The monoisotopic (exact) mass is 362 g/mol. The molecule has 0 aliphatic carbocycles. The van der Waals surface area contributed by atoms with Crippen molar-refractivity contribution in [3.05, 3.63) is 40.3 Å².